The van der Waals surface area contributed by atoms with Crippen molar-refractivity contribution < 1.29 is 29.3 Å². The van der Waals surface area contributed by atoms with Gasteiger partial charge in [0.1, 0.15) is 61.1 Å². The summed E-state index contributed by atoms with van der Waals surface area (Å²) < 4.78 is 16.1. The van der Waals surface area contributed by atoms with Crippen molar-refractivity contribution in [2.24, 2.45) is 14.1 Å². The topological polar surface area (TPSA) is 277 Å². The molecule has 0 bridgehead atoms. The van der Waals surface area contributed by atoms with Gasteiger partial charge in [0.05, 0.1) is 32.2 Å². The molecule has 83 heavy (non-hydrogen) atoms. The average molecular weight is 1240 g/mol. The van der Waals surface area contributed by atoms with E-state index in [1.165, 1.54) is 27.8 Å². The molecule has 428 valence electrons. The number of carbonyl (C=O) groups excluding carboxylic acids is 2. The second-order valence-corrected chi connectivity index (χ2v) is 24.8. The van der Waals surface area contributed by atoms with Crippen LogP contribution < -0.4 is 42.6 Å². The number of nitrogens with zero attached hydrogens (tertiary/aromatic N) is 9. The van der Waals surface area contributed by atoms with Gasteiger partial charge in [-0.3, -0.25) is 37.9 Å². The molecule has 0 aliphatic carbocycles. The molecule has 0 fully saturated rings. The molecule has 22 nitrogen and oxygen atoms in total. The van der Waals surface area contributed by atoms with Gasteiger partial charge in [0.2, 0.25) is 11.8 Å². The molecule has 5 N–H and O–H groups in total. The maximum Gasteiger partial charge on any atom is 0.643 e. The Hall–Kier alpha value is -8.08. The lowest BCUT2D eigenvalue weighted by Gasteiger charge is -2.12. The Labute approximate surface area is 498 Å². The Bertz CT molecular complexity index is 4140. The quantitative estimate of drug-likeness (QED) is 0.0662. The molecule has 10 rings (SSSR count). The molecule has 2 amide bonds. The van der Waals surface area contributed by atoms with Gasteiger partial charge < -0.3 is 39.5 Å². The number of halogens is 5. The number of ether oxygens (including phenoxy) is 2. The van der Waals surface area contributed by atoms with Gasteiger partial charge in [-0.1, -0.05) is 89.9 Å². The number of imidazole rings is 2. The molecule has 0 atom stereocenters. The van der Waals surface area contributed by atoms with Crippen LogP contribution in [0.4, 0.5) is 11.6 Å². The highest BCUT2D eigenvalue weighted by atomic mass is 35.8. The number of rotatable bonds is 14. The number of aryl methyl sites for hydroxylation is 2. The number of aromatic amines is 1. The number of benzene rings is 4. The van der Waals surface area contributed by atoms with Crippen molar-refractivity contribution in [3.05, 3.63) is 208 Å². The number of carbonyl (C=O) groups is 2. The first-order valence-electron chi connectivity index (χ1n) is 24.6. The summed E-state index contributed by atoms with van der Waals surface area (Å²) in [4.78, 5) is 96.0. The first-order valence-corrected chi connectivity index (χ1v) is 30.6. The number of fused-ring (bicyclic) bond motifs is 2. The monoisotopic (exact) mass is 1240 g/mol. The van der Waals surface area contributed by atoms with Crippen LogP contribution in [0.15, 0.2) is 159 Å². The second kappa shape index (κ2) is 29.3. The Balaban J connectivity index is 0.000000203. The maximum absolute atomic E-state index is 13.6. The number of hydrogen-bond acceptors (Lipinski definition) is 14. The Morgan fingerprint density at radius 3 is 1.46 bits per heavy atom. The summed E-state index contributed by atoms with van der Waals surface area (Å²) in [6, 6.07) is 41.3. The standard InChI is InChI=1S/C28H25ClN6O5.C20H17ClN6O4.C7H8O.Al.3ClH/c1-33-26-25(27(38)35(28(33)39)14-17-6-12-20(40-2)13-7-17)34(23(16-36)32-26)15-24(37)31-22-5-3-4-21(30-22)18-8-10-19(29)11-9-18;1-26-18-17(19(30)25-20(26)31)27(15(10-28)24-18)9-16(29)23-14-4-2-3-13(22-14)11-5-7-12(21)8-6-11;1-8-7-5-3-2-4-6-7;;;;/h3-13,36H,14-16H2,1-2H3,(H,30,31,37);2-8,28H,9-10H2,1H3,(H,22,23,29)(H,25,30,31);2-6H,1H3;;3*1H/q;;;+3;;;/p-3. The number of methoxy groups -OCH3 is 2. The van der Waals surface area contributed by atoms with Crippen molar-refractivity contribution in [2.45, 2.75) is 32.8 Å². The number of anilines is 2. The highest BCUT2D eigenvalue weighted by molar-refractivity contribution is 7.54. The van der Waals surface area contributed by atoms with Crippen LogP contribution in [0.2, 0.25) is 10.0 Å². The lowest BCUT2D eigenvalue weighted by atomic mass is 10.1. The van der Waals surface area contributed by atoms with Gasteiger partial charge in [0.15, 0.2) is 22.3 Å². The normalized spacial score (nSPS) is 10.6. The number of aliphatic hydroxyl groups is 2. The van der Waals surface area contributed by atoms with E-state index in [4.69, 9.17) is 62.8 Å². The highest BCUT2D eigenvalue weighted by Gasteiger charge is 2.23. The van der Waals surface area contributed by atoms with Crippen LogP contribution in [0.25, 0.3) is 44.8 Å². The van der Waals surface area contributed by atoms with E-state index in [0.29, 0.717) is 44.4 Å². The minimum Gasteiger partial charge on any atom is -0.497 e. The summed E-state index contributed by atoms with van der Waals surface area (Å²) in [5, 5.41) is 26.2. The number of aliphatic hydroxyl groups excluding tert-OH is 2. The lowest BCUT2D eigenvalue weighted by Crippen LogP contribution is -2.40. The van der Waals surface area contributed by atoms with Crippen LogP contribution in [0.3, 0.4) is 0 Å². The number of aromatic nitrogens is 10. The molecular formula is C55H50AlCl5N12O10. The van der Waals surface area contributed by atoms with Crippen LogP contribution in [-0.2, 0) is 56.5 Å². The molecule has 0 saturated carbocycles. The SMILES string of the molecule is COc1ccc(Cn2c(=O)c3c(nc(CO)n3CC(=O)Nc3cccc(-c4ccc(Cl)cc4)n3)n(C)c2=O)cc1.COc1ccccc1.Cn1c(=O)[nH]c(=O)c2c1nc(CO)n2CC(=O)Nc1cccc(-c2ccc(Cl)cc2)n1.[Cl][Al]([Cl])[Cl]. The van der Waals surface area contributed by atoms with Crippen LogP contribution >= 0.6 is 53.3 Å². The van der Waals surface area contributed by atoms with Gasteiger partial charge in [-0.05, 0) is 78.4 Å². The first-order chi connectivity index (χ1) is 39.8. The van der Waals surface area contributed by atoms with Crippen LogP contribution in [0.1, 0.15) is 17.2 Å². The van der Waals surface area contributed by atoms with E-state index < -0.39 is 58.9 Å². The zero-order valence-electron chi connectivity index (χ0n) is 44.5. The van der Waals surface area contributed by atoms with E-state index in [2.05, 4.69) is 35.6 Å². The van der Waals surface area contributed by atoms with E-state index in [9.17, 15) is 39.0 Å². The molecule has 0 unspecified atom stereocenters. The van der Waals surface area contributed by atoms with Crippen LogP contribution in [-0.4, -0.2) is 95.4 Å². The molecule has 6 aromatic heterocycles. The molecule has 6 heterocycles. The van der Waals surface area contributed by atoms with E-state index in [0.717, 1.165) is 26.0 Å². The molecule has 0 radical (unpaired) electrons. The summed E-state index contributed by atoms with van der Waals surface area (Å²) in [6.45, 7) is -1.70. The van der Waals surface area contributed by atoms with Crippen molar-refractivity contribution in [3.8, 4) is 34.0 Å². The Morgan fingerprint density at radius 2 is 1.01 bits per heavy atom. The third-order valence-corrected chi connectivity index (χ3v) is 12.6. The van der Waals surface area contributed by atoms with E-state index in [-0.39, 0.29) is 53.6 Å². The minimum absolute atomic E-state index is 0.00130. The smallest absolute Gasteiger partial charge is 0.497 e. The largest absolute Gasteiger partial charge is 0.643 e. The zero-order chi connectivity index (χ0) is 59.9. The highest BCUT2D eigenvalue weighted by Crippen LogP contribution is 2.24. The van der Waals surface area contributed by atoms with Crippen molar-refractivity contribution in [3.63, 3.8) is 0 Å². The molecule has 4 aromatic carbocycles. The van der Waals surface area contributed by atoms with E-state index in [1.54, 1.807) is 99.1 Å². The Morgan fingerprint density at radius 1 is 0.566 bits per heavy atom. The fraction of sp³-hybridized carbons (Fsp3) is 0.164. The van der Waals surface area contributed by atoms with Gasteiger partial charge in [-0.25, -0.2) is 59.7 Å². The third-order valence-electron chi connectivity index (χ3n) is 12.1. The zero-order valence-corrected chi connectivity index (χ0v) is 49.4. The van der Waals surface area contributed by atoms with Gasteiger partial charge in [-0.15, -0.1) is 0 Å². The molecule has 0 saturated heterocycles. The van der Waals surface area contributed by atoms with Crippen molar-refractivity contribution in [2.75, 3.05) is 24.9 Å². The number of nitrogens with one attached hydrogen (secondary N) is 3. The minimum atomic E-state index is -1.72. The molecule has 28 heteroatoms. The fourth-order valence-corrected chi connectivity index (χ4v) is 8.36. The molecular weight excluding hydrogens is 1190 g/mol. The third kappa shape index (κ3) is 16.1. The number of amides is 2. The fourth-order valence-electron chi connectivity index (χ4n) is 8.11. The van der Waals surface area contributed by atoms with Gasteiger partial charge in [-0.2, -0.15) is 0 Å². The molecule has 0 spiro atoms. The first kappa shape index (κ1) is 62.5. The van der Waals surface area contributed by atoms with Crippen LogP contribution in [0.5, 0.6) is 11.5 Å². The number of hydrogen-bond donors (Lipinski definition) is 5. The predicted molar refractivity (Wildman–Crippen MR) is 322 cm³/mol. The van der Waals surface area contributed by atoms with Crippen molar-refractivity contribution in [1.82, 2.24) is 47.8 Å². The van der Waals surface area contributed by atoms with Gasteiger partial charge in [0, 0.05) is 35.3 Å². The van der Waals surface area contributed by atoms with Gasteiger partial charge in [0.25, 0.3) is 11.1 Å². The summed E-state index contributed by atoms with van der Waals surface area (Å²) in [5.74, 6) is 1.34. The van der Waals surface area contributed by atoms with E-state index in [1.807, 2.05) is 54.6 Å². The second-order valence-electron chi connectivity index (χ2n) is 17.5. The molecule has 0 aliphatic rings. The Kier molecular flexibility index (Phi) is 22.0. The number of H-pyrrole nitrogens is 1. The van der Waals surface area contributed by atoms with Gasteiger partial charge >= 0.3 is 22.8 Å². The van der Waals surface area contributed by atoms with Crippen LogP contribution in [0, 0.1) is 0 Å². The average Bonchev–Trinajstić information content (AvgIpc) is 4.19. The molecule has 10 aromatic rings. The lowest BCUT2D eigenvalue weighted by molar-refractivity contribution is -0.117. The summed E-state index contributed by atoms with van der Waals surface area (Å²) in [7, 11) is 21.0. The number of para-hydroxylation sites is 1. The van der Waals surface area contributed by atoms with Crippen molar-refractivity contribution >= 4 is 111 Å². The van der Waals surface area contributed by atoms with E-state index >= 15 is 0 Å². The molecule has 0 aliphatic heterocycles. The number of pyridine rings is 2. The summed E-state index contributed by atoms with van der Waals surface area (Å²) in [6.07, 6.45) is 0. The summed E-state index contributed by atoms with van der Waals surface area (Å²) >= 11 is 10.2. The summed E-state index contributed by atoms with van der Waals surface area (Å²) in [5.41, 5.74) is 1.29. The van der Waals surface area contributed by atoms with Crippen molar-refractivity contribution in [1.29, 1.82) is 0 Å². The predicted octanol–water partition coefficient (Wildman–Crippen LogP) is 7.45. The maximum atomic E-state index is 13.6.